The average molecular weight is 366 g/mol. The van der Waals surface area contributed by atoms with Crippen LogP contribution in [0.25, 0.3) is 0 Å². The summed E-state index contributed by atoms with van der Waals surface area (Å²) in [5.41, 5.74) is 4.72. The summed E-state index contributed by atoms with van der Waals surface area (Å²) in [6.07, 6.45) is 3.53. The Bertz CT molecular complexity index is 917. The summed E-state index contributed by atoms with van der Waals surface area (Å²) in [5.74, 6) is 0.895. The maximum absolute atomic E-state index is 5.69. The molecule has 3 aromatic heterocycles. The number of nitrogens with one attached hydrogen (secondary N) is 1. The maximum atomic E-state index is 5.69. The van der Waals surface area contributed by atoms with Crippen LogP contribution in [-0.2, 0) is 13.6 Å². The highest BCUT2D eigenvalue weighted by Gasteiger charge is 2.41. The van der Waals surface area contributed by atoms with Crippen LogP contribution in [0.5, 0.6) is 0 Å². The summed E-state index contributed by atoms with van der Waals surface area (Å²) in [6.45, 7) is 4.91. The molecule has 0 bridgehead atoms. The summed E-state index contributed by atoms with van der Waals surface area (Å²) < 4.78 is 7.80. The van der Waals surface area contributed by atoms with Gasteiger partial charge in [0.05, 0.1) is 30.6 Å². The summed E-state index contributed by atoms with van der Waals surface area (Å²) in [5, 5.41) is 4.21. The first-order valence-electron chi connectivity index (χ1n) is 8.69. The molecule has 3 aromatic rings. The minimum Gasteiger partial charge on any atom is -0.467 e. The van der Waals surface area contributed by atoms with E-state index in [1.165, 1.54) is 17.0 Å². The van der Waals surface area contributed by atoms with E-state index < -0.39 is 0 Å². The first-order valence-corrected chi connectivity index (χ1v) is 9.10. The molecule has 6 heteroatoms. The predicted molar refractivity (Wildman–Crippen MR) is 105 cm³/mol. The van der Waals surface area contributed by atoms with Crippen LogP contribution in [0.4, 0.5) is 0 Å². The molecule has 5 nitrogen and oxygen atoms in total. The van der Waals surface area contributed by atoms with E-state index in [9.17, 15) is 0 Å². The topological polar surface area (TPSA) is 46.2 Å². The lowest BCUT2D eigenvalue weighted by atomic mass is 9.96. The fourth-order valence-corrected chi connectivity index (χ4v) is 3.97. The highest BCUT2D eigenvalue weighted by Crippen LogP contribution is 2.41. The average Bonchev–Trinajstić information content (AvgIpc) is 3.33. The summed E-state index contributed by atoms with van der Waals surface area (Å²) in [4.78, 5) is 6.79. The summed E-state index contributed by atoms with van der Waals surface area (Å²) in [7, 11) is 2.10. The van der Waals surface area contributed by atoms with E-state index in [1.807, 2.05) is 30.5 Å². The van der Waals surface area contributed by atoms with Crippen LogP contribution < -0.4 is 5.32 Å². The second-order valence-corrected chi connectivity index (χ2v) is 7.11. The molecule has 1 N–H and O–H groups in total. The van der Waals surface area contributed by atoms with Crippen molar-refractivity contribution in [3.63, 3.8) is 0 Å². The smallest absolute Gasteiger partial charge is 0.170 e. The van der Waals surface area contributed by atoms with Gasteiger partial charge in [-0.3, -0.25) is 4.98 Å². The van der Waals surface area contributed by atoms with E-state index in [4.69, 9.17) is 16.6 Å². The zero-order valence-corrected chi connectivity index (χ0v) is 16.0. The van der Waals surface area contributed by atoms with Gasteiger partial charge in [-0.05, 0) is 62.0 Å². The molecule has 1 aliphatic rings. The Kier molecular flexibility index (Phi) is 4.28. The molecular weight excluding hydrogens is 344 g/mol. The predicted octanol–water partition coefficient (Wildman–Crippen LogP) is 3.80. The SMILES string of the molecule is Cc1cc([C@@H]2[C@@H](c3ccccn3)NC(=S)N2Cc2ccco2)c(C)n1C. The number of furan rings is 1. The van der Waals surface area contributed by atoms with E-state index >= 15 is 0 Å². The zero-order chi connectivity index (χ0) is 18.3. The van der Waals surface area contributed by atoms with Crippen molar-refractivity contribution >= 4 is 17.3 Å². The number of nitrogens with zero attached hydrogens (tertiary/aromatic N) is 3. The van der Waals surface area contributed by atoms with Crippen LogP contribution in [0.15, 0.2) is 53.3 Å². The summed E-state index contributed by atoms with van der Waals surface area (Å²) >= 11 is 5.69. The summed E-state index contributed by atoms with van der Waals surface area (Å²) in [6, 6.07) is 12.2. The molecule has 1 fully saturated rings. The van der Waals surface area contributed by atoms with Gasteiger partial charge in [0, 0.05) is 24.6 Å². The molecule has 0 radical (unpaired) electrons. The molecule has 26 heavy (non-hydrogen) atoms. The fraction of sp³-hybridized carbons (Fsp3) is 0.300. The van der Waals surface area contributed by atoms with Crippen molar-refractivity contribution in [3.8, 4) is 0 Å². The fourth-order valence-electron chi connectivity index (χ4n) is 3.67. The molecule has 1 saturated heterocycles. The third kappa shape index (κ3) is 2.80. The standard InChI is InChI=1S/C20H22N4OS/c1-13-11-16(14(2)23(13)3)19-18(17-8-4-5-9-21-17)22-20(26)24(19)12-15-7-6-10-25-15/h4-11,18-19H,12H2,1-3H3,(H,22,26)/t18-,19-/m1/s1. The van der Waals surface area contributed by atoms with Crippen LogP contribution in [0, 0.1) is 13.8 Å². The van der Waals surface area contributed by atoms with Gasteiger partial charge in [-0.2, -0.15) is 0 Å². The van der Waals surface area contributed by atoms with Crippen molar-refractivity contribution in [2.24, 2.45) is 7.05 Å². The number of thiocarbonyl (C=S) groups is 1. The van der Waals surface area contributed by atoms with Gasteiger partial charge in [0.1, 0.15) is 5.76 Å². The van der Waals surface area contributed by atoms with Gasteiger partial charge in [-0.1, -0.05) is 6.07 Å². The van der Waals surface area contributed by atoms with Gasteiger partial charge in [0.2, 0.25) is 0 Å². The molecule has 0 spiro atoms. The normalized spacial score (nSPS) is 19.8. The quantitative estimate of drug-likeness (QED) is 0.712. The number of aromatic nitrogens is 2. The molecule has 0 unspecified atom stereocenters. The lowest BCUT2D eigenvalue weighted by Gasteiger charge is -2.27. The van der Waals surface area contributed by atoms with E-state index in [1.54, 1.807) is 6.26 Å². The largest absolute Gasteiger partial charge is 0.467 e. The lowest BCUT2D eigenvalue weighted by molar-refractivity contribution is 0.286. The lowest BCUT2D eigenvalue weighted by Crippen LogP contribution is -2.29. The molecule has 2 atom stereocenters. The van der Waals surface area contributed by atoms with Crippen LogP contribution in [0.2, 0.25) is 0 Å². The van der Waals surface area contributed by atoms with Gasteiger partial charge in [-0.25, -0.2) is 0 Å². The van der Waals surface area contributed by atoms with E-state index in [0.717, 1.165) is 16.6 Å². The highest BCUT2D eigenvalue weighted by molar-refractivity contribution is 7.80. The molecule has 0 aliphatic carbocycles. The maximum Gasteiger partial charge on any atom is 0.170 e. The Morgan fingerprint density at radius 3 is 2.69 bits per heavy atom. The monoisotopic (exact) mass is 366 g/mol. The molecular formula is C20H22N4OS. The Morgan fingerprint density at radius 2 is 2.08 bits per heavy atom. The molecule has 4 rings (SSSR count). The number of pyridine rings is 1. The van der Waals surface area contributed by atoms with Gasteiger partial charge in [0.15, 0.2) is 5.11 Å². The minimum absolute atomic E-state index is 0.000776. The van der Waals surface area contributed by atoms with Crippen molar-refractivity contribution in [3.05, 3.63) is 77.3 Å². The molecule has 4 heterocycles. The van der Waals surface area contributed by atoms with Gasteiger partial charge >= 0.3 is 0 Å². The van der Waals surface area contributed by atoms with Crippen LogP contribution in [0.3, 0.4) is 0 Å². The number of hydrogen-bond donors (Lipinski definition) is 1. The van der Waals surface area contributed by atoms with Crippen molar-refractivity contribution < 1.29 is 4.42 Å². The third-order valence-corrected chi connectivity index (χ3v) is 5.59. The Morgan fingerprint density at radius 1 is 1.23 bits per heavy atom. The Hall–Kier alpha value is -2.60. The van der Waals surface area contributed by atoms with Crippen LogP contribution >= 0.6 is 12.2 Å². The molecule has 0 amide bonds. The Labute approximate surface area is 158 Å². The number of aryl methyl sites for hydroxylation is 1. The molecule has 1 aliphatic heterocycles. The molecule has 134 valence electrons. The van der Waals surface area contributed by atoms with Gasteiger partial charge in [0.25, 0.3) is 0 Å². The first-order chi connectivity index (χ1) is 12.6. The van der Waals surface area contributed by atoms with E-state index in [-0.39, 0.29) is 12.1 Å². The number of hydrogen-bond acceptors (Lipinski definition) is 3. The first kappa shape index (κ1) is 16.8. The van der Waals surface area contributed by atoms with E-state index in [0.29, 0.717) is 6.54 Å². The minimum atomic E-state index is -0.000776. The van der Waals surface area contributed by atoms with Crippen molar-refractivity contribution in [1.82, 2.24) is 19.8 Å². The van der Waals surface area contributed by atoms with Crippen molar-refractivity contribution in [1.29, 1.82) is 0 Å². The van der Waals surface area contributed by atoms with Crippen LogP contribution in [0.1, 0.15) is 40.5 Å². The van der Waals surface area contributed by atoms with Crippen molar-refractivity contribution in [2.75, 3.05) is 0 Å². The van der Waals surface area contributed by atoms with Gasteiger partial charge < -0.3 is 19.2 Å². The second kappa shape index (κ2) is 6.61. The van der Waals surface area contributed by atoms with E-state index in [2.05, 4.69) is 52.8 Å². The Balaban J connectivity index is 1.79. The van der Waals surface area contributed by atoms with Gasteiger partial charge in [-0.15, -0.1) is 0 Å². The van der Waals surface area contributed by atoms with Crippen molar-refractivity contribution in [2.45, 2.75) is 32.5 Å². The third-order valence-electron chi connectivity index (χ3n) is 5.24. The second-order valence-electron chi connectivity index (χ2n) is 6.72. The van der Waals surface area contributed by atoms with Crippen LogP contribution in [-0.4, -0.2) is 19.6 Å². The molecule has 0 aromatic carbocycles. The zero-order valence-electron chi connectivity index (χ0n) is 15.1. The number of rotatable bonds is 4. The molecule has 0 saturated carbocycles. The highest BCUT2D eigenvalue weighted by atomic mass is 32.1.